The van der Waals surface area contributed by atoms with Gasteiger partial charge in [0.15, 0.2) is 5.13 Å². The van der Waals surface area contributed by atoms with Crippen LogP contribution < -0.4 is 5.32 Å². The molecule has 5 heteroatoms. The number of amides is 1. The Bertz CT molecular complexity index is 481. The first kappa shape index (κ1) is 14.0. The van der Waals surface area contributed by atoms with Crippen LogP contribution in [-0.2, 0) is 4.79 Å². The minimum absolute atomic E-state index is 0.0520. The van der Waals surface area contributed by atoms with Gasteiger partial charge in [-0.3, -0.25) is 4.79 Å². The molecular weight excluding hydrogens is 260 g/mol. The van der Waals surface area contributed by atoms with E-state index in [4.69, 9.17) is 5.11 Å². The predicted octanol–water partition coefficient (Wildman–Crippen LogP) is 2.40. The topological polar surface area (TPSA) is 62.2 Å². The summed E-state index contributed by atoms with van der Waals surface area (Å²) in [5.41, 5.74) is 0. The zero-order valence-corrected chi connectivity index (χ0v) is 11.6. The third kappa shape index (κ3) is 4.66. The van der Waals surface area contributed by atoms with Gasteiger partial charge in [0.05, 0.1) is 17.7 Å². The Labute approximate surface area is 117 Å². The first-order valence-corrected chi connectivity index (χ1v) is 7.45. The first-order chi connectivity index (χ1) is 9.28. The second kappa shape index (κ2) is 7.27. The van der Waals surface area contributed by atoms with Gasteiger partial charge in [-0.1, -0.05) is 36.0 Å². The number of hydrogen-bond acceptors (Lipinski definition) is 4. The van der Waals surface area contributed by atoms with Gasteiger partial charge in [-0.15, -0.1) is 0 Å². The van der Waals surface area contributed by atoms with Crippen LogP contribution in [0, 0.1) is 17.8 Å². The fourth-order valence-corrected chi connectivity index (χ4v) is 2.95. The monoisotopic (exact) mass is 278 g/mol. The summed E-state index contributed by atoms with van der Waals surface area (Å²) in [6, 6.07) is 0. The summed E-state index contributed by atoms with van der Waals surface area (Å²) in [6.45, 7) is 0.0663. The highest BCUT2D eigenvalue weighted by atomic mass is 32.1. The van der Waals surface area contributed by atoms with Gasteiger partial charge in [0.1, 0.15) is 0 Å². The lowest BCUT2D eigenvalue weighted by molar-refractivity contribution is -0.117. The molecule has 0 radical (unpaired) electrons. The number of nitrogens with one attached hydrogen (secondary N) is 1. The maximum atomic E-state index is 11.8. The molecule has 1 aromatic rings. The predicted molar refractivity (Wildman–Crippen MR) is 75.9 cm³/mol. The molecule has 2 rings (SSSR count). The molecule has 1 aliphatic rings. The minimum Gasteiger partial charge on any atom is -0.395 e. The number of aliphatic hydroxyl groups excluding tert-OH is 1. The van der Waals surface area contributed by atoms with Crippen molar-refractivity contribution in [1.29, 1.82) is 0 Å². The summed E-state index contributed by atoms with van der Waals surface area (Å²) in [6.07, 6.45) is 7.55. The average molecular weight is 278 g/mol. The molecule has 1 aromatic heterocycles. The Balaban J connectivity index is 1.82. The molecule has 1 aliphatic carbocycles. The molecule has 4 nitrogen and oxygen atoms in total. The van der Waals surface area contributed by atoms with Crippen LogP contribution in [0.3, 0.4) is 0 Å². The molecule has 102 valence electrons. The van der Waals surface area contributed by atoms with Gasteiger partial charge in [0.2, 0.25) is 5.91 Å². The lowest BCUT2D eigenvalue weighted by Gasteiger charge is -2.07. The van der Waals surface area contributed by atoms with E-state index in [1.165, 1.54) is 37.0 Å². The molecule has 0 saturated heterocycles. The largest absolute Gasteiger partial charge is 0.395 e. The fourth-order valence-electron chi connectivity index (χ4n) is 2.24. The maximum Gasteiger partial charge on any atom is 0.226 e. The molecule has 0 aliphatic heterocycles. The molecule has 0 spiro atoms. The van der Waals surface area contributed by atoms with E-state index < -0.39 is 0 Å². The number of anilines is 1. The van der Waals surface area contributed by atoms with E-state index in [-0.39, 0.29) is 12.5 Å². The van der Waals surface area contributed by atoms with Crippen LogP contribution >= 0.6 is 11.3 Å². The van der Waals surface area contributed by atoms with E-state index in [2.05, 4.69) is 22.1 Å². The zero-order chi connectivity index (χ0) is 13.5. The number of nitrogens with zero attached hydrogens (tertiary/aromatic N) is 1. The molecule has 0 aromatic carbocycles. The molecule has 0 bridgehead atoms. The normalized spacial score (nSPS) is 15.0. The molecule has 0 unspecified atom stereocenters. The molecule has 1 amide bonds. The molecule has 1 fully saturated rings. The van der Waals surface area contributed by atoms with Crippen LogP contribution in [0.1, 0.15) is 43.4 Å². The highest BCUT2D eigenvalue weighted by Crippen LogP contribution is 2.28. The van der Waals surface area contributed by atoms with Crippen molar-refractivity contribution in [3.63, 3.8) is 0 Å². The second-order valence-corrected chi connectivity index (χ2v) is 5.74. The smallest absolute Gasteiger partial charge is 0.226 e. The third-order valence-electron chi connectivity index (χ3n) is 3.15. The number of aliphatic hydroxyl groups is 1. The number of carbonyl (C=O) groups is 1. The molecule has 0 atom stereocenters. The number of rotatable bonds is 4. The second-order valence-electron chi connectivity index (χ2n) is 4.71. The quantitative estimate of drug-likeness (QED) is 0.831. The van der Waals surface area contributed by atoms with E-state index in [1.54, 1.807) is 6.20 Å². The lowest BCUT2D eigenvalue weighted by atomic mass is 10.0. The number of carbonyl (C=O) groups excluding carboxylic acids is 1. The summed E-state index contributed by atoms with van der Waals surface area (Å²) in [5, 5.41) is 12.1. The third-order valence-corrected chi connectivity index (χ3v) is 3.98. The average Bonchev–Trinajstić information content (AvgIpc) is 3.02. The van der Waals surface area contributed by atoms with Gasteiger partial charge >= 0.3 is 0 Å². The zero-order valence-electron chi connectivity index (χ0n) is 10.8. The summed E-state index contributed by atoms with van der Waals surface area (Å²) in [4.78, 5) is 16.8. The Kier molecular flexibility index (Phi) is 5.37. The molecule has 1 heterocycles. The van der Waals surface area contributed by atoms with Gasteiger partial charge < -0.3 is 10.4 Å². The van der Waals surface area contributed by atoms with Gasteiger partial charge in [-0.2, -0.15) is 0 Å². The van der Waals surface area contributed by atoms with Crippen molar-refractivity contribution < 1.29 is 9.90 Å². The van der Waals surface area contributed by atoms with Crippen molar-refractivity contribution in [1.82, 2.24) is 4.98 Å². The first-order valence-electron chi connectivity index (χ1n) is 6.63. The lowest BCUT2D eigenvalue weighted by Crippen LogP contribution is -2.14. The van der Waals surface area contributed by atoms with Crippen LogP contribution in [0.5, 0.6) is 0 Å². The van der Waals surface area contributed by atoms with Gasteiger partial charge in [-0.05, 0) is 18.8 Å². The highest BCUT2D eigenvalue weighted by molar-refractivity contribution is 7.16. The van der Waals surface area contributed by atoms with E-state index in [1.807, 2.05) is 0 Å². The standard InChI is InChI=1S/C14H18N2O2S/c17-8-4-3-7-12-10-15-14(19-12)16-13(18)9-11-5-1-2-6-11/h10-11,17H,1-2,4-6,8-9H2,(H,15,16,18). The SMILES string of the molecule is O=C(CC1CCCC1)Nc1ncc(C#CCCO)s1. The van der Waals surface area contributed by atoms with Gasteiger partial charge in [0, 0.05) is 12.8 Å². The van der Waals surface area contributed by atoms with E-state index in [0.29, 0.717) is 23.9 Å². The van der Waals surface area contributed by atoms with Gasteiger partial charge in [-0.25, -0.2) is 4.98 Å². The van der Waals surface area contributed by atoms with E-state index >= 15 is 0 Å². The molecule has 2 N–H and O–H groups in total. The summed E-state index contributed by atoms with van der Waals surface area (Å²) >= 11 is 1.37. The van der Waals surface area contributed by atoms with Crippen LogP contribution in [0.25, 0.3) is 0 Å². The number of thiazole rings is 1. The van der Waals surface area contributed by atoms with Crippen molar-refractivity contribution in [2.24, 2.45) is 5.92 Å². The van der Waals surface area contributed by atoms with Crippen molar-refractivity contribution >= 4 is 22.4 Å². The van der Waals surface area contributed by atoms with Crippen LogP contribution in [0.4, 0.5) is 5.13 Å². The Morgan fingerprint density at radius 3 is 3.05 bits per heavy atom. The number of aromatic nitrogens is 1. The van der Waals surface area contributed by atoms with Crippen molar-refractivity contribution in [3.05, 3.63) is 11.1 Å². The van der Waals surface area contributed by atoms with Crippen LogP contribution in [-0.4, -0.2) is 22.6 Å². The van der Waals surface area contributed by atoms with Crippen molar-refractivity contribution in [3.8, 4) is 11.8 Å². The summed E-state index contributed by atoms with van der Waals surface area (Å²) in [5.74, 6) is 6.34. The molecular formula is C14H18N2O2S. The van der Waals surface area contributed by atoms with Gasteiger partial charge in [0.25, 0.3) is 0 Å². The van der Waals surface area contributed by atoms with E-state index in [9.17, 15) is 4.79 Å². The molecule has 1 saturated carbocycles. The number of hydrogen-bond donors (Lipinski definition) is 2. The Morgan fingerprint density at radius 2 is 2.32 bits per heavy atom. The molecule has 19 heavy (non-hydrogen) atoms. The highest BCUT2D eigenvalue weighted by Gasteiger charge is 2.18. The van der Waals surface area contributed by atoms with Crippen molar-refractivity contribution in [2.45, 2.75) is 38.5 Å². The van der Waals surface area contributed by atoms with E-state index in [0.717, 1.165) is 4.88 Å². The minimum atomic E-state index is 0.0520. The Morgan fingerprint density at radius 1 is 1.53 bits per heavy atom. The van der Waals surface area contributed by atoms with Crippen LogP contribution in [0.15, 0.2) is 6.20 Å². The summed E-state index contributed by atoms with van der Waals surface area (Å²) < 4.78 is 0. The van der Waals surface area contributed by atoms with Crippen LogP contribution in [0.2, 0.25) is 0 Å². The maximum absolute atomic E-state index is 11.8. The Hall–Kier alpha value is -1.38. The van der Waals surface area contributed by atoms with Crippen molar-refractivity contribution in [2.75, 3.05) is 11.9 Å². The summed E-state index contributed by atoms with van der Waals surface area (Å²) in [7, 11) is 0. The fraction of sp³-hybridized carbons (Fsp3) is 0.571.